The van der Waals surface area contributed by atoms with Crippen LogP contribution >= 0.6 is 0 Å². The zero-order valence-corrected chi connectivity index (χ0v) is 19.5. The lowest BCUT2D eigenvalue weighted by Crippen LogP contribution is -2.68. The first-order chi connectivity index (χ1) is 16.9. The molecule has 3 heterocycles. The van der Waals surface area contributed by atoms with Gasteiger partial charge >= 0.3 is 0 Å². The fraction of sp³-hybridized carbons (Fsp3) is 0.950. The van der Waals surface area contributed by atoms with Crippen molar-refractivity contribution in [3.05, 3.63) is 0 Å². The summed E-state index contributed by atoms with van der Waals surface area (Å²) in [6, 6.07) is -1.37. The molecule has 3 aliphatic rings. The molecule has 0 aromatic heterocycles. The van der Waals surface area contributed by atoms with Gasteiger partial charge < -0.3 is 75.0 Å². The molecule has 10 N–H and O–H groups in total. The van der Waals surface area contributed by atoms with Gasteiger partial charge in [-0.3, -0.25) is 4.79 Å². The Morgan fingerprint density at radius 3 is 1.86 bits per heavy atom. The molecule has 15 atom stereocenters. The average molecular weight is 529 g/mol. The highest BCUT2D eigenvalue weighted by molar-refractivity contribution is 5.73. The number of carbonyl (C=O) groups excluding carboxylic acids is 1. The van der Waals surface area contributed by atoms with Crippen LogP contribution < -0.4 is 5.32 Å². The quantitative estimate of drug-likeness (QED) is 0.147. The minimum Gasteiger partial charge on any atom is -0.394 e. The van der Waals surface area contributed by atoms with Crippen LogP contribution in [-0.4, -0.2) is 157 Å². The van der Waals surface area contributed by atoms with E-state index in [-0.39, 0.29) is 0 Å². The van der Waals surface area contributed by atoms with Crippen LogP contribution in [0.25, 0.3) is 0 Å². The maximum Gasteiger partial charge on any atom is 0.217 e. The van der Waals surface area contributed by atoms with Gasteiger partial charge in [-0.1, -0.05) is 0 Å². The topological polar surface area (TPSA) is 257 Å². The van der Waals surface area contributed by atoms with E-state index in [1.165, 1.54) is 6.92 Å². The predicted octanol–water partition coefficient (Wildman–Crippen LogP) is -6.40. The molecular formula is C20H35NO15. The second-order valence-electron chi connectivity index (χ2n) is 9.05. The lowest BCUT2D eigenvalue weighted by molar-refractivity contribution is -0.375. The van der Waals surface area contributed by atoms with Crippen molar-refractivity contribution in [2.75, 3.05) is 13.2 Å². The number of rotatable bonds is 7. The number of aliphatic hydroxyl groups is 9. The van der Waals surface area contributed by atoms with Crippen molar-refractivity contribution in [1.82, 2.24) is 5.32 Å². The molecule has 3 saturated heterocycles. The van der Waals surface area contributed by atoms with E-state index in [0.717, 1.165) is 6.92 Å². The van der Waals surface area contributed by atoms with Crippen LogP contribution in [0, 0.1) is 0 Å². The van der Waals surface area contributed by atoms with Gasteiger partial charge in [0.15, 0.2) is 18.9 Å². The van der Waals surface area contributed by atoms with Crippen LogP contribution in [0.5, 0.6) is 0 Å². The fourth-order valence-electron chi connectivity index (χ4n) is 4.40. The molecule has 16 nitrogen and oxygen atoms in total. The van der Waals surface area contributed by atoms with E-state index in [1.807, 2.05) is 0 Å². The Morgan fingerprint density at radius 1 is 0.722 bits per heavy atom. The van der Waals surface area contributed by atoms with E-state index in [0.29, 0.717) is 0 Å². The van der Waals surface area contributed by atoms with Gasteiger partial charge in [0.05, 0.1) is 19.3 Å². The lowest BCUT2D eigenvalue weighted by atomic mass is 9.95. The first-order valence-corrected chi connectivity index (χ1v) is 11.4. The van der Waals surface area contributed by atoms with Crippen molar-refractivity contribution in [2.45, 2.75) is 106 Å². The zero-order valence-electron chi connectivity index (χ0n) is 19.5. The number of aliphatic hydroxyl groups excluding tert-OH is 9. The summed E-state index contributed by atoms with van der Waals surface area (Å²) in [5.41, 5.74) is 0. The Hall–Kier alpha value is -1.09. The summed E-state index contributed by atoms with van der Waals surface area (Å²) in [4.78, 5) is 11.6. The average Bonchev–Trinajstić information content (AvgIpc) is 2.83. The molecule has 0 aromatic rings. The maximum absolute atomic E-state index is 11.6. The fourth-order valence-corrected chi connectivity index (χ4v) is 4.40. The maximum atomic E-state index is 11.6. The second kappa shape index (κ2) is 12.2. The third kappa shape index (κ3) is 5.97. The molecule has 3 aliphatic heterocycles. The molecule has 3 fully saturated rings. The largest absolute Gasteiger partial charge is 0.394 e. The molecule has 16 heteroatoms. The number of ether oxygens (including phenoxy) is 5. The van der Waals surface area contributed by atoms with E-state index < -0.39 is 111 Å². The van der Waals surface area contributed by atoms with E-state index >= 15 is 0 Å². The number of carbonyl (C=O) groups is 1. The first-order valence-electron chi connectivity index (χ1n) is 11.4. The minimum atomic E-state index is -1.89. The van der Waals surface area contributed by atoms with E-state index in [9.17, 15) is 50.8 Å². The Balaban J connectivity index is 1.75. The predicted molar refractivity (Wildman–Crippen MR) is 111 cm³/mol. The Labute approximate surface area is 205 Å². The van der Waals surface area contributed by atoms with Crippen molar-refractivity contribution in [2.24, 2.45) is 0 Å². The summed E-state index contributed by atoms with van der Waals surface area (Å²) in [6.07, 6.45) is -21.9. The Bertz CT molecular complexity index is 729. The van der Waals surface area contributed by atoms with Crippen LogP contribution in [0.1, 0.15) is 13.8 Å². The summed E-state index contributed by atoms with van der Waals surface area (Å²) in [5.74, 6) is -0.623. The molecule has 1 amide bonds. The highest BCUT2D eigenvalue weighted by atomic mass is 16.8. The van der Waals surface area contributed by atoms with Gasteiger partial charge in [-0.25, -0.2) is 0 Å². The van der Waals surface area contributed by atoms with Gasteiger partial charge in [0.2, 0.25) is 5.91 Å². The zero-order chi connectivity index (χ0) is 26.9. The minimum absolute atomic E-state index is 0.623. The van der Waals surface area contributed by atoms with Gasteiger partial charge in [-0.2, -0.15) is 0 Å². The Kier molecular flexibility index (Phi) is 9.97. The van der Waals surface area contributed by atoms with Crippen molar-refractivity contribution in [1.29, 1.82) is 0 Å². The van der Waals surface area contributed by atoms with Crippen molar-refractivity contribution in [3.8, 4) is 0 Å². The monoisotopic (exact) mass is 529 g/mol. The lowest BCUT2D eigenvalue weighted by Gasteiger charge is -2.48. The third-order valence-corrected chi connectivity index (χ3v) is 6.46. The molecule has 0 spiro atoms. The normalized spacial score (nSPS) is 50.0. The van der Waals surface area contributed by atoms with Crippen LogP contribution in [0.2, 0.25) is 0 Å². The van der Waals surface area contributed by atoms with Gasteiger partial charge in [-0.05, 0) is 6.92 Å². The highest BCUT2D eigenvalue weighted by Gasteiger charge is 2.53. The van der Waals surface area contributed by atoms with Gasteiger partial charge in [0.1, 0.15) is 67.1 Å². The Morgan fingerprint density at radius 2 is 1.28 bits per heavy atom. The van der Waals surface area contributed by atoms with Crippen molar-refractivity contribution in [3.63, 3.8) is 0 Å². The summed E-state index contributed by atoms with van der Waals surface area (Å²) < 4.78 is 27.0. The second-order valence-corrected chi connectivity index (χ2v) is 9.05. The number of nitrogens with one attached hydrogen (secondary N) is 1. The van der Waals surface area contributed by atoms with Crippen LogP contribution in [0.15, 0.2) is 0 Å². The standard InChI is InChI=1S/C20H35NO15/c1-5-10(25)13(28)17(18(31)32-5)36-20-15(30)14(29)16(8(4-23)34-20)35-19-9(21-6(2)24)12(27)11(26)7(3-22)33-19/h5,7-20,22-23,25-31H,3-4H2,1-2H3,(H,21,24). The van der Waals surface area contributed by atoms with E-state index in [1.54, 1.807) is 0 Å². The van der Waals surface area contributed by atoms with Gasteiger partial charge in [-0.15, -0.1) is 0 Å². The molecule has 3 rings (SSSR count). The molecule has 36 heavy (non-hydrogen) atoms. The number of hydrogen-bond acceptors (Lipinski definition) is 15. The summed E-state index contributed by atoms with van der Waals surface area (Å²) in [7, 11) is 0. The molecule has 15 unspecified atom stereocenters. The summed E-state index contributed by atoms with van der Waals surface area (Å²) >= 11 is 0. The van der Waals surface area contributed by atoms with E-state index in [2.05, 4.69) is 5.32 Å². The molecule has 0 radical (unpaired) electrons. The van der Waals surface area contributed by atoms with Gasteiger partial charge in [0.25, 0.3) is 0 Å². The van der Waals surface area contributed by atoms with Crippen LogP contribution in [0.3, 0.4) is 0 Å². The smallest absolute Gasteiger partial charge is 0.217 e. The molecule has 0 bridgehead atoms. The van der Waals surface area contributed by atoms with Crippen molar-refractivity contribution >= 4 is 5.91 Å². The molecular weight excluding hydrogens is 494 g/mol. The molecule has 0 aromatic carbocycles. The SMILES string of the molecule is CC(=O)NC1C(OC2C(CO)OC(OC3C(O)OC(C)C(O)C3O)C(O)C2O)OC(CO)C(O)C1O. The molecule has 210 valence electrons. The molecule has 0 saturated carbocycles. The third-order valence-electron chi connectivity index (χ3n) is 6.46. The van der Waals surface area contributed by atoms with Crippen LogP contribution in [-0.2, 0) is 28.5 Å². The van der Waals surface area contributed by atoms with Gasteiger partial charge in [0, 0.05) is 6.92 Å². The number of hydrogen-bond donors (Lipinski definition) is 10. The van der Waals surface area contributed by atoms with Crippen molar-refractivity contribution < 1.29 is 74.4 Å². The summed E-state index contributed by atoms with van der Waals surface area (Å²) in [5, 5.41) is 93.9. The summed E-state index contributed by atoms with van der Waals surface area (Å²) in [6.45, 7) is 1.01. The van der Waals surface area contributed by atoms with Crippen LogP contribution in [0.4, 0.5) is 0 Å². The molecule has 0 aliphatic carbocycles. The number of amides is 1. The highest BCUT2D eigenvalue weighted by Crippen LogP contribution is 2.32. The first kappa shape index (κ1) is 29.5. The van der Waals surface area contributed by atoms with E-state index in [4.69, 9.17) is 23.7 Å².